The van der Waals surface area contributed by atoms with Crippen molar-refractivity contribution in [1.29, 1.82) is 0 Å². The van der Waals surface area contributed by atoms with Gasteiger partial charge in [-0.3, -0.25) is 9.69 Å². The average Bonchev–Trinajstić information content (AvgIpc) is 2.80. The van der Waals surface area contributed by atoms with Gasteiger partial charge in [0.05, 0.1) is 7.11 Å². The third-order valence-corrected chi connectivity index (χ3v) is 6.64. The molecule has 0 saturated carbocycles. The second kappa shape index (κ2) is 8.83. The summed E-state index contributed by atoms with van der Waals surface area (Å²) in [5.74, 6) is 1.18. The van der Waals surface area contributed by atoms with Crippen LogP contribution in [0.3, 0.4) is 0 Å². The molecule has 8 heteroatoms. The van der Waals surface area contributed by atoms with Crippen LogP contribution in [0.5, 0.6) is 11.5 Å². The van der Waals surface area contributed by atoms with E-state index in [4.69, 9.17) is 4.74 Å². The van der Waals surface area contributed by atoms with Crippen molar-refractivity contribution in [2.75, 3.05) is 20.2 Å². The minimum Gasteiger partial charge on any atom is -0.497 e. The minimum absolute atomic E-state index is 0.0969. The van der Waals surface area contributed by atoms with E-state index in [0.717, 1.165) is 37.5 Å². The van der Waals surface area contributed by atoms with Crippen LogP contribution in [0.25, 0.3) is 11.1 Å². The summed E-state index contributed by atoms with van der Waals surface area (Å²) in [6.45, 7) is 3.30. The Hall–Kier alpha value is -3.26. The number of pyridine rings is 1. The predicted molar refractivity (Wildman–Crippen MR) is 122 cm³/mol. The number of alkyl halides is 3. The van der Waals surface area contributed by atoms with E-state index in [1.807, 2.05) is 22.8 Å². The van der Waals surface area contributed by atoms with Crippen LogP contribution in [0, 0.1) is 5.92 Å². The number of methoxy groups -OCH3 is 1. The first-order valence-corrected chi connectivity index (χ1v) is 11.2. The van der Waals surface area contributed by atoms with E-state index in [-0.39, 0.29) is 17.2 Å². The highest BCUT2D eigenvalue weighted by molar-refractivity contribution is 5.63. The van der Waals surface area contributed by atoms with Crippen molar-refractivity contribution in [3.8, 4) is 22.6 Å². The molecule has 1 aromatic heterocycles. The van der Waals surface area contributed by atoms with Crippen molar-refractivity contribution in [1.82, 2.24) is 9.47 Å². The third-order valence-electron chi connectivity index (χ3n) is 6.64. The van der Waals surface area contributed by atoms with Gasteiger partial charge in [0, 0.05) is 43.4 Å². The summed E-state index contributed by atoms with van der Waals surface area (Å²) < 4.78 is 48.3. The number of halogens is 3. The highest BCUT2D eigenvalue weighted by atomic mass is 19.4. The molecule has 2 aliphatic rings. The number of piperidine rings is 1. The summed E-state index contributed by atoms with van der Waals surface area (Å²) in [7, 11) is 1.66. The molecule has 1 saturated heterocycles. The first-order valence-electron chi connectivity index (χ1n) is 11.2. The number of fused-ring (bicyclic) bond motifs is 4. The van der Waals surface area contributed by atoms with Gasteiger partial charge >= 0.3 is 6.36 Å². The molecule has 2 atom stereocenters. The fourth-order valence-electron chi connectivity index (χ4n) is 5.22. The Labute approximate surface area is 195 Å². The molecule has 2 aliphatic heterocycles. The summed E-state index contributed by atoms with van der Waals surface area (Å²) in [4.78, 5) is 15.8. The van der Waals surface area contributed by atoms with Gasteiger partial charge < -0.3 is 14.0 Å². The van der Waals surface area contributed by atoms with Crippen LogP contribution < -0.4 is 15.0 Å². The molecule has 3 aromatic rings. The van der Waals surface area contributed by atoms with Crippen LogP contribution in [0.4, 0.5) is 13.2 Å². The third kappa shape index (κ3) is 4.68. The van der Waals surface area contributed by atoms with Crippen molar-refractivity contribution in [3.63, 3.8) is 0 Å². The maximum absolute atomic E-state index is 13.3. The van der Waals surface area contributed by atoms with Crippen molar-refractivity contribution in [2.45, 2.75) is 31.8 Å². The molecule has 0 N–H and O–H groups in total. The topological polar surface area (TPSA) is 43.7 Å². The van der Waals surface area contributed by atoms with Crippen molar-refractivity contribution in [2.24, 2.45) is 5.92 Å². The Morgan fingerprint density at radius 2 is 1.62 bits per heavy atom. The Morgan fingerprint density at radius 3 is 2.29 bits per heavy atom. The molecular formula is C26H25F3N2O3. The fraction of sp³-hybridized carbons (Fsp3) is 0.346. The van der Waals surface area contributed by atoms with Gasteiger partial charge in [0.15, 0.2) is 0 Å². The van der Waals surface area contributed by atoms with Crippen LogP contribution in [-0.4, -0.2) is 36.0 Å². The van der Waals surface area contributed by atoms with Gasteiger partial charge in [0.2, 0.25) is 0 Å². The molecule has 0 aliphatic carbocycles. The molecular weight excluding hydrogens is 445 g/mol. The standard InChI is InChI=1S/C26H25F3N2O3/c1-33-21-6-2-17(3-7-21)13-30-14-18-12-20(16-30)24-11-10-23(25(32)31(24)15-18)19-4-8-22(9-5-19)34-26(27,28)29/h2-11,18,20H,12-16H2,1H3. The highest BCUT2D eigenvalue weighted by Crippen LogP contribution is 2.36. The summed E-state index contributed by atoms with van der Waals surface area (Å²) in [6.07, 6.45) is -3.69. The lowest BCUT2D eigenvalue weighted by atomic mass is 9.82. The van der Waals surface area contributed by atoms with Gasteiger partial charge in [-0.15, -0.1) is 13.2 Å². The zero-order valence-corrected chi connectivity index (χ0v) is 18.7. The van der Waals surface area contributed by atoms with Crippen LogP contribution in [0.15, 0.2) is 65.5 Å². The number of aromatic nitrogens is 1. The predicted octanol–water partition coefficient (Wildman–Crippen LogP) is 5.04. The number of likely N-dealkylation sites (tertiary alicyclic amines) is 1. The van der Waals surface area contributed by atoms with Gasteiger partial charge in [0.1, 0.15) is 11.5 Å². The van der Waals surface area contributed by atoms with Crippen LogP contribution in [0.1, 0.15) is 23.6 Å². The van der Waals surface area contributed by atoms with E-state index in [9.17, 15) is 18.0 Å². The van der Waals surface area contributed by atoms with Crippen LogP contribution in [0.2, 0.25) is 0 Å². The Morgan fingerprint density at radius 1 is 0.912 bits per heavy atom. The minimum atomic E-state index is -4.74. The smallest absolute Gasteiger partial charge is 0.497 e. The van der Waals surface area contributed by atoms with Crippen molar-refractivity contribution in [3.05, 3.63) is 82.3 Å². The maximum atomic E-state index is 13.3. The summed E-state index contributed by atoms with van der Waals surface area (Å²) in [5, 5.41) is 0. The Bertz CT molecular complexity index is 1220. The lowest BCUT2D eigenvalue weighted by molar-refractivity contribution is -0.274. The van der Waals surface area contributed by atoms with Gasteiger partial charge in [-0.25, -0.2) is 0 Å². The zero-order chi connectivity index (χ0) is 23.9. The number of ether oxygens (including phenoxy) is 2. The first kappa shape index (κ1) is 22.5. The Kier molecular flexibility index (Phi) is 5.85. The molecule has 5 rings (SSSR count). The van der Waals surface area contributed by atoms with Crippen molar-refractivity contribution < 1.29 is 22.6 Å². The lowest BCUT2D eigenvalue weighted by Gasteiger charge is -2.43. The molecule has 2 aromatic carbocycles. The monoisotopic (exact) mass is 470 g/mol. The normalized spacial score (nSPS) is 20.0. The molecule has 0 radical (unpaired) electrons. The molecule has 0 spiro atoms. The summed E-state index contributed by atoms with van der Waals surface area (Å²) in [5.41, 5.74) is 3.22. The second-order valence-electron chi connectivity index (χ2n) is 9.00. The SMILES string of the molecule is COc1ccc(CN2CC3CC(C2)c2ccc(-c4ccc(OC(F)(F)F)cc4)c(=O)n2C3)cc1. The van der Waals surface area contributed by atoms with Crippen molar-refractivity contribution >= 4 is 0 Å². The van der Waals surface area contributed by atoms with E-state index in [0.29, 0.717) is 23.6 Å². The molecule has 1 fully saturated rings. The zero-order valence-electron chi connectivity index (χ0n) is 18.7. The Balaban J connectivity index is 1.35. The van der Waals surface area contributed by atoms with E-state index in [1.54, 1.807) is 13.2 Å². The van der Waals surface area contributed by atoms with E-state index >= 15 is 0 Å². The molecule has 2 bridgehead atoms. The summed E-state index contributed by atoms with van der Waals surface area (Å²) >= 11 is 0. The number of benzene rings is 2. The molecule has 0 amide bonds. The molecule has 178 valence electrons. The molecule has 3 heterocycles. The lowest BCUT2D eigenvalue weighted by Crippen LogP contribution is -2.46. The van der Waals surface area contributed by atoms with E-state index < -0.39 is 6.36 Å². The largest absolute Gasteiger partial charge is 0.573 e. The maximum Gasteiger partial charge on any atom is 0.573 e. The fourth-order valence-corrected chi connectivity index (χ4v) is 5.22. The van der Waals surface area contributed by atoms with Crippen LogP contribution >= 0.6 is 0 Å². The first-order chi connectivity index (χ1) is 16.3. The van der Waals surface area contributed by atoms with Gasteiger partial charge in [-0.1, -0.05) is 24.3 Å². The molecule has 2 unspecified atom stereocenters. The molecule has 5 nitrogen and oxygen atoms in total. The number of rotatable bonds is 5. The van der Waals surface area contributed by atoms with Gasteiger partial charge in [-0.2, -0.15) is 0 Å². The average molecular weight is 470 g/mol. The van der Waals surface area contributed by atoms with Crippen LogP contribution in [-0.2, 0) is 13.1 Å². The van der Waals surface area contributed by atoms with E-state index in [1.165, 1.54) is 29.8 Å². The number of nitrogens with zero attached hydrogens (tertiary/aromatic N) is 2. The quantitative estimate of drug-likeness (QED) is 0.524. The second-order valence-corrected chi connectivity index (χ2v) is 9.00. The highest BCUT2D eigenvalue weighted by Gasteiger charge is 2.35. The van der Waals surface area contributed by atoms with Gasteiger partial charge in [-0.05, 0) is 59.9 Å². The number of hydrogen-bond acceptors (Lipinski definition) is 4. The summed E-state index contributed by atoms with van der Waals surface area (Å²) in [6, 6.07) is 17.3. The molecule has 34 heavy (non-hydrogen) atoms. The van der Waals surface area contributed by atoms with Gasteiger partial charge in [0.25, 0.3) is 5.56 Å². The number of hydrogen-bond donors (Lipinski definition) is 0. The van der Waals surface area contributed by atoms with E-state index in [2.05, 4.69) is 21.8 Å².